The number of carbonyl (C=O) groups is 1. The summed E-state index contributed by atoms with van der Waals surface area (Å²) in [4.78, 5) is 11.2. The molecular weight excluding hydrogens is 264 g/mol. The van der Waals surface area contributed by atoms with E-state index in [0.29, 0.717) is 5.56 Å². The Morgan fingerprint density at radius 2 is 2.19 bits per heavy atom. The number of rotatable bonds is 6. The molecule has 1 atom stereocenters. The molecule has 0 amide bonds. The van der Waals surface area contributed by atoms with E-state index in [-0.39, 0.29) is 6.10 Å². The van der Waals surface area contributed by atoms with Gasteiger partial charge in [-0.3, -0.25) is 9.48 Å². The first-order valence-electron chi connectivity index (χ1n) is 7.55. The Kier molecular flexibility index (Phi) is 4.46. The fourth-order valence-electron chi connectivity index (χ4n) is 2.79. The number of hydrogen-bond donors (Lipinski definition) is 0. The van der Waals surface area contributed by atoms with E-state index < -0.39 is 0 Å². The van der Waals surface area contributed by atoms with Crippen LogP contribution in [0.25, 0.3) is 0 Å². The maximum absolute atomic E-state index is 11.2. The van der Waals surface area contributed by atoms with Gasteiger partial charge in [-0.2, -0.15) is 5.10 Å². The lowest BCUT2D eigenvalue weighted by Gasteiger charge is -2.06. The lowest BCUT2D eigenvalue weighted by molar-refractivity contribution is 0.103. The Hall–Kier alpha value is -1.94. The van der Waals surface area contributed by atoms with Crippen molar-refractivity contribution in [1.29, 1.82) is 0 Å². The van der Waals surface area contributed by atoms with Crippen LogP contribution in [0.4, 0.5) is 0 Å². The van der Waals surface area contributed by atoms with Crippen molar-refractivity contribution in [2.75, 3.05) is 6.61 Å². The number of aromatic nitrogens is 2. The van der Waals surface area contributed by atoms with Crippen molar-refractivity contribution in [3.63, 3.8) is 0 Å². The first-order valence-corrected chi connectivity index (χ1v) is 7.55. The van der Waals surface area contributed by atoms with Crippen LogP contribution >= 0.6 is 0 Å². The maximum atomic E-state index is 11.2. The molecule has 1 aromatic carbocycles. The largest absolute Gasteiger partial charge is 0.372 e. The minimum Gasteiger partial charge on any atom is -0.372 e. The van der Waals surface area contributed by atoms with Crippen molar-refractivity contribution < 1.29 is 9.53 Å². The molecule has 3 rings (SSSR count). The summed E-state index contributed by atoms with van der Waals surface area (Å²) in [6.45, 7) is 1.59. The smallest absolute Gasteiger partial charge is 0.153 e. The fraction of sp³-hybridized carbons (Fsp3) is 0.412. The molecule has 0 saturated carbocycles. The molecule has 2 heterocycles. The van der Waals surface area contributed by atoms with E-state index >= 15 is 0 Å². The Morgan fingerprint density at radius 1 is 1.33 bits per heavy atom. The number of nitrogens with zero attached hydrogens (tertiary/aromatic N) is 2. The zero-order valence-corrected chi connectivity index (χ0v) is 12.1. The summed E-state index contributed by atoms with van der Waals surface area (Å²) in [6.07, 6.45) is 6.76. The Bertz CT molecular complexity index is 586. The molecule has 4 nitrogen and oxygen atoms in total. The van der Waals surface area contributed by atoms with Gasteiger partial charge in [0.1, 0.15) is 11.8 Å². The summed E-state index contributed by atoms with van der Waals surface area (Å²) in [5.74, 6) is 0. The topological polar surface area (TPSA) is 44.1 Å². The Balaban J connectivity index is 1.61. The molecule has 0 bridgehead atoms. The SMILES string of the molecule is O=Cc1cn(CCCc2ccccc2)nc1C1CCCO1. The first kappa shape index (κ1) is 14.0. The predicted molar refractivity (Wildman–Crippen MR) is 80.3 cm³/mol. The lowest BCUT2D eigenvalue weighted by atomic mass is 10.1. The normalized spacial score (nSPS) is 18.0. The predicted octanol–water partition coefficient (Wildman–Crippen LogP) is 3.18. The molecule has 1 unspecified atom stereocenters. The molecule has 1 aliphatic heterocycles. The van der Waals surface area contributed by atoms with Crippen LogP contribution in [0.3, 0.4) is 0 Å². The molecule has 0 radical (unpaired) electrons. The Morgan fingerprint density at radius 3 is 2.90 bits per heavy atom. The minimum atomic E-state index is 0.000531. The van der Waals surface area contributed by atoms with Crippen LogP contribution in [-0.4, -0.2) is 22.7 Å². The van der Waals surface area contributed by atoms with Gasteiger partial charge in [-0.1, -0.05) is 30.3 Å². The summed E-state index contributed by atoms with van der Waals surface area (Å²) in [5, 5.41) is 4.55. The van der Waals surface area contributed by atoms with E-state index in [4.69, 9.17) is 4.74 Å². The molecule has 1 saturated heterocycles. The van der Waals surface area contributed by atoms with Gasteiger partial charge in [-0.25, -0.2) is 0 Å². The highest BCUT2D eigenvalue weighted by molar-refractivity contribution is 5.76. The number of aryl methyl sites for hydroxylation is 2. The second-order valence-electron chi connectivity index (χ2n) is 5.44. The van der Waals surface area contributed by atoms with Crippen molar-refractivity contribution in [2.24, 2.45) is 0 Å². The van der Waals surface area contributed by atoms with Gasteiger partial charge in [0.25, 0.3) is 0 Å². The summed E-state index contributed by atoms with van der Waals surface area (Å²) in [5.41, 5.74) is 2.81. The molecule has 0 N–H and O–H groups in total. The summed E-state index contributed by atoms with van der Waals surface area (Å²) in [7, 11) is 0. The van der Waals surface area contributed by atoms with Gasteiger partial charge in [0.15, 0.2) is 6.29 Å². The van der Waals surface area contributed by atoms with Crippen LogP contribution < -0.4 is 0 Å². The number of aldehydes is 1. The molecule has 1 aromatic heterocycles. The van der Waals surface area contributed by atoms with E-state index in [1.165, 1.54) is 5.56 Å². The highest BCUT2D eigenvalue weighted by Gasteiger charge is 2.23. The van der Waals surface area contributed by atoms with Crippen LogP contribution in [0.2, 0.25) is 0 Å². The number of carbonyl (C=O) groups excluding carboxylic acids is 1. The molecule has 0 spiro atoms. The van der Waals surface area contributed by atoms with E-state index in [2.05, 4.69) is 29.4 Å². The molecule has 0 aliphatic carbocycles. The maximum Gasteiger partial charge on any atom is 0.153 e. The van der Waals surface area contributed by atoms with Crippen molar-refractivity contribution in [3.05, 3.63) is 53.3 Å². The second kappa shape index (κ2) is 6.68. The monoisotopic (exact) mass is 284 g/mol. The molecule has 2 aromatic rings. The summed E-state index contributed by atoms with van der Waals surface area (Å²) >= 11 is 0. The van der Waals surface area contributed by atoms with Gasteiger partial charge >= 0.3 is 0 Å². The number of benzene rings is 1. The lowest BCUT2D eigenvalue weighted by Crippen LogP contribution is -2.03. The summed E-state index contributed by atoms with van der Waals surface area (Å²) < 4.78 is 7.51. The van der Waals surface area contributed by atoms with Crippen LogP contribution in [0.5, 0.6) is 0 Å². The second-order valence-corrected chi connectivity index (χ2v) is 5.44. The minimum absolute atomic E-state index is 0.000531. The van der Waals surface area contributed by atoms with Crippen LogP contribution in [0.1, 0.15) is 47.0 Å². The van der Waals surface area contributed by atoms with Gasteiger partial charge in [0, 0.05) is 19.3 Å². The van der Waals surface area contributed by atoms with E-state index in [1.807, 2.05) is 16.9 Å². The third-order valence-corrected chi connectivity index (χ3v) is 3.88. The van der Waals surface area contributed by atoms with Gasteiger partial charge in [0.05, 0.1) is 5.56 Å². The van der Waals surface area contributed by atoms with Crippen LogP contribution in [0.15, 0.2) is 36.5 Å². The van der Waals surface area contributed by atoms with Crippen molar-refractivity contribution in [3.8, 4) is 0 Å². The van der Waals surface area contributed by atoms with Gasteiger partial charge in [0.2, 0.25) is 0 Å². The molecule has 1 aliphatic rings. The van der Waals surface area contributed by atoms with E-state index in [9.17, 15) is 4.79 Å². The van der Waals surface area contributed by atoms with E-state index in [0.717, 1.165) is 50.8 Å². The molecule has 1 fully saturated rings. The van der Waals surface area contributed by atoms with Crippen molar-refractivity contribution in [2.45, 2.75) is 38.3 Å². The van der Waals surface area contributed by atoms with Crippen LogP contribution in [0, 0.1) is 0 Å². The zero-order chi connectivity index (χ0) is 14.5. The zero-order valence-electron chi connectivity index (χ0n) is 12.1. The molecule has 4 heteroatoms. The standard InChI is InChI=1S/C17H20N2O2/c20-13-15-12-19(18-17(15)16-9-5-11-21-16)10-4-8-14-6-2-1-3-7-14/h1-3,6-7,12-13,16H,4-5,8-11H2. The quantitative estimate of drug-likeness (QED) is 0.765. The first-order chi connectivity index (χ1) is 10.4. The van der Waals surface area contributed by atoms with Gasteiger partial charge in [-0.05, 0) is 31.2 Å². The van der Waals surface area contributed by atoms with E-state index in [1.54, 1.807) is 0 Å². The molecular formula is C17H20N2O2. The van der Waals surface area contributed by atoms with Gasteiger partial charge < -0.3 is 4.74 Å². The fourth-order valence-corrected chi connectivity index (χ4v) is 2.79. The third kappa shape index (κ3) is 3.39. The highest BCUT2D eigenvalue weighted by atomic mass is 16.5. The van der Waals surface area contributed by atoms with Crippen LogP contribution in [-0.2, 0) is 17.7 Å². The number of hydrogen-bond acceptors (Lipinski definition) is 3. The van der Waals surface area contributed by atoms with Crippen molar-refractivity contribution >= 4 is 6.29 Å². The average molecular weight is 284 g/mol. The van der Waals surface area contributed by atoms with Crippen molar-refractivity contribution in [1.82, 2.24) is 9.78 Å². The molecule has 110 valence electrons. The summed E-state index contributed by atoms with van der Waals surface area (Å²) in [6, 6.07) is 10.4. The highest BCUT2D eigenvalue weighted by Crippen LogP contribution is 2.29. The number of ether oxygens (including phenoxy) is 1. The van der Waals surface area contributed by atoms with Gasteiger partial charge in [-0.15, -0.1) is 0 Å². The molecule has 21 heavy (non-hydrogen) atoms. The Labute approximate surface area is 124 Å². The third-order valence-electron chi connectivity index (χ3n) is 3.88. The average Bonchev–Trinajstić information content (AvgIpc) is 3.17.